The maximum Gasteiger partial charge on any atom is 0.132 e. The molecule has 0 aliphatic rings. The smallest absolute Gasteiger partial charge is 0.132 e. The summed E-state index contributed by atoms with van der Waals surface area (Å²) < 4.78 is 14.3. The van der Waals surface area contributed by atoms with Crippen LogP contribution < -0.4 is 0 Å². The van der Waals surface area contributed by atoms with E-state index in [4.69, 9.17) is 23.2 Å². The molecular formula is C21H12Cl2FN. The Hall–Kier alpha value is -2.42. The molecular weight excluding hydrogens is 356 g/mol. The fraction of sp³-hybridized carbons (Fsp3) is 0. The van der Waals surface area contributed by atoms with Gasteiger partial charge in [-0.3, -0.25) is 0 Å². The second-order valence-corrected chi connectivity index (χ2v) is 6.52. The standard InChI is InChI=1S/C21H12Cl2FN/c22-13-9-10-20-17(11-13)16(14-5-1-3-7-18(14)23)12-21(25-20)15-6-2-4-8-19(15)24/h1-12H. The van der Waals surface area contributed by atoms with Crippen molar-refractivity contribution in [3.63, 3.8) is 0 Å². The lowest BCUT2D eigenvalue weighted by Crippen LogP contribution is -1.92. The second kappa shape index (κ2) is 6.47. The first kappa shape index (κ1) is 16.1. The molecule has 4 heteroatoms. The van der Waals surface area contributed by atoms with Gasteiger partial charge in [-0.25, -0.2) is 9.37 Å². The minimum Gasteiger partial charge on any atom is -0.248 e. The number of benzene rings is 3. The van der Waals surface area contributed by atoms with E-state index in [1.165, 1.54) is 6.07 Å². The molecule has 0 aliphatic carbocycles. The Kier molecular flexibility index (Phi) is 4.16. The van der Waals surface area contributed by atoms with E-state index in [1.807, 2.05) is 42.5 Å². The Balaban J connectivity index is 2.08. The van der Waals surface area contributed by atoms with E-state index in [0.717, 1.165) is 22.0 Å². The van der Waals surface area contributed by atoms with E-state index in [0.29, 0.717) is 21.3 Å². The van der Waals surface area contributed by atoms with Gasteiger partial charge >= 0.3 is 0 Å². The van der Waals surface area contributed by atoms with Gasteiger partial charge in [0, 0.05) is 26.6 Å². The van der Waals surface area contributed by atoms with E-state index >= 15 is 0 Å². The highest BCUT2D eigenvalue weighted by Crippen LogP contribution is 2.37. The van der Waals surface area contributed by atoms with Crippen LogP contribution in [0.3, 0.4) is 0 Å². The van der Waals surface area contributed by atoms with Crippen LogP contribution in [0.4, 0.5) is 4.39 Å². The average molecular weight is 368 g/mol. The third kappa shape index (κ3) is 2.99. The van der Waals surface area contributed by atoms with Crippen LogP contribution in [-0.2, 0) is 0 Å². The molecule has 0 amide bonds. The van der Waals surface area contributed by atoms with Gasteiger partial charge in [-0.15, -0.1) is 0 Å². The molecule has 4 aromatic rings. The van der Waals surface area contributed by atoms with Crippen molar-refractivity contribution in [2.45, 2.75) is 0 Å². The molecule has 0 saturated heterocycles. The monoisotopic (exact) mass is 367 g/mol. The molecule has 25 heavy (non-hydrogen) atoms. The Morgan fingerprint density at radius 2 is 1.44 bits per heavy atom. The molecule has 1 aromatic heterocycles. The highest BCUT2D eigenvalue weighted by Gasteiger charge is 2.14. The van der Waals surface area contributed by atoms with Crippen molar-refractivity contribution in [2.75, 3.05) is 0 Å². The number of hydrogen-bond donors (Lipinski definition) is 0. The summed E-state index contributed by atoms with van der Waals surface area (Å²) in [5.41, 5.74) is 3.48. The number of nitrogens with zero attached hydrogens (tertiary/aromatic N) is 1. The highest BCUT2D eigenvalue weighted by atomic mass is 35.5. The predicted octanol–water partition coefficient (Wildman–Crippen LogP) is 7.01. The van der Waals surface area contributed by atoms with Gasteiger partial charge < -0.3 is 0 Å². The molecule has 0 unspecified atom stereocenters. The first-order valence-electron chi connectivity index (χ1n) is 7.73. The SMILES string of the molecule is Fc1ccccc1-c1cc(-c2ccccc2Cl)c2cc(Cl)ccc2n1. The molecule has 0 saturated carbocycles. The third-order valence-electron chi connectivity index (χ3n) is 4.08. The van der Waals surface area contributed by atoms with Gasteiger partial charge in [0.25, 0.3) is 0 Å². The summed E-state index contributed by atoms with van der Waals surface area (Å²) >= 11 is 12.6. The quantitative estimate of drug-likeness (QED) is 0.371. The number of hydrogen-bond acceptors (Lipinski definition) is 1. The molecule has 0 radical (unpaired) electrons. The molecule has 1 heterocycles. The first-order chi connectivity index (χ1) is 12.1. The topological polar surface area (TPSA) is 12.9 Å². The Morgan fingerprint density at radius 1 is 0.720 bits per heavy atom. The van der Waals surface area contributed by atoms with Crippen molar-refractivity contribution in [1.29, 1.82) is 0 Å². The van der Waals surface area contributed by atoms with Crippen molar-refractivity contribution in [1.82, 2.24) is 4.98 Å². The summed E-state index contributed by atoms with van der Waals surface area (Å²) in [7, 11) is 0. The second-order valence-electron chi connectivity index (χ2n) is 5.68. The predicted molar refractivity (Wildman–Crippen MR) is 103 cm³/mol. The van der Waals surface area contributed by atoms with Gasteiger partial charge in [-0.1, -0.05) is 53.5 Å². The van der Waals surface area contributed by atoms with Crippen LogP contribution in [-0.4, -0.2) is 4.98 Å². The summed E-state index contributed by atoms with van der Waals surface area (Å²) in [6, 6.07) is 21.5. The zero-order chi connectivity index (χ0) is 17.4. The lowest BCUT2D eigenvalue weighted by Gasteiger charge is -2.12. The molecule has 0 fully saturated rings. The van der Waals surface area contributed by atoms with Crippen LogP contribution in [0.15, 0.2) is 72.8 Å². The first-order valence-corrected chi connectivity index (χ1v) is 8.49. The number of pyridine rings is 1. The maximum absolute atomic E-state index is 14.3. The Morgan fingerprint density at radius 3 is 2.20 bits per heavy atom. The number of fused-ring (bicyclic) bond motifs is 1. The average Bonchev–Trinajstić information content (AvgIpc) is 2.62. The molecule has 0 bridgehead atoms. The minimum absolute atomic E-state index is 0.312. The normalized spacial score (nSPS) is 11.0. The van der Waals surface area contributed by atoms with Crippen molar-refractivity contribution < 1.29 is 4.39 Å². The minimum atomic E-state index is -0.312. The van der Waals surface area contributed by atoms with Gasteiger partial charge in [0.05, 0.1) is 11.2 Å². The van der Waals surface area contributed by atoms with Gasteiger partial charge in [0.15, 0.2) is 0 Å². The summed E-state index contributed by atoms with van der Waals surface area (Å²) in [4.78, 5) is 4.62. The highest BCUT2D eigenvalue weighted by molar-refractivity contribution is 6.34. The van der Waals surface area contributed by atoms with E-state index < -0.39 is 0 Å². The number of aromatic nitrogens is 1. The van der Waals surface area contributed by atoms with Gasteiger partial charge in [-0.05, 0) is 48.0 Å². The zero-order valence-electron chi connectivity index (χ0n) is 13.0. The third-order valence-corrected chi connectivity index (χ3v) is 4.65. The van der Waals surface area contributed by atoms with Crippen molar-refractivity contribution in [2.24, 2.45) is 0 Å². The van der Waals surface area contributed by atoms with Crippen LogP contribution in [0.1, 0.15) is 0 Å². The summed E-state index contributed by atoms with van der Waals surface area (Å²) in [5.74, 6) is -0.312. The maximum atomic E-state index is 14.3. The van der Waals surface area contributed by atoms with Crippen molar-refractivity contribution in [3.05, 3.63) is 88.7 Å². The molecule has 0 atom stereocenters. The summed E-state index contributed by atoms with van der Waals surface area (Å²) in [6.07, 6.45) is 0. The fourth-order valence-electron chi connectivity index (χ4n) is 2.91. The van der Waals surface area contributed by atoms with E-state index in [-0.39, 0.29) is 5.82 Å². The van der Waals surface area contributed by atoms with Gasteiger partial charge in [-0.2, -0.15) is 0 Å². The van der Waals surface area contributed by atoms with Gasteiger partial charge in [0.2, 0.25) is 0 Å². The molecule has 4 rings (SSSR count). The molecule has 0 N–H and O–H groups in total. The van der Waals surface area contributed by atoms with Crippen LogP contribution in [0, 0.1) is 5.82 Å². The number of rotatable bonds is 2. The van der Waals surface area contributed by atoms with Crippen molar-refractivity contribution >= 4 is 34.1 Å². The van der Waals surface area contributed by atoms with Crippen LogP contribution >= 0.6 is 23.2 Å². The molecule has 0 aliphatic heterocycles. The van der Waals surface area contributed by atoms with E-state index in [1.54, 1.807) is 24.3 Å². The molecule has 3 aromatic carbocycles. The molecule has 1 nitrogen and oxygen atoms in total. The van der Waals surface area contributed by atoms with Crippen molar-refractivity contribution in [3.8, 4) is 22.4 Å². The Bertz CT molecular complexity index is 1090. The largest absolute Gasteiger partial charge is 0.248 e. The Labute approximate surface area is 154 Å². The van der Waals surface area contributed by atoms with E-state index in [2.05, 4.69) is 4.98 Å². The zero-order valence-corrected chi connectivity index (χ0v) is 14.5. The lowest BCUT2D eigenvalue weighted by molar-refractivity contribution is 0.631. The number of halogens is 3. The molecule has 122 valence electrons. The fourth-order valence-corrected chi connectivity index (χ4v) is 3.32. The van der Waals surface area contributed by atoms with Gasteiger partial charge in [0.1, 0.15) is 5.82 Å². The van der Waals surface area contributed by atoms with Crippen LogP contribution in [0.5, 0.6) is 0 Å². The van der Waals surface area contributed by atoms with Crippen LogP contribution in [0.2, 0.25) is 10.0 Å². The van der Waals surface area contributed by atoms with E-state index in [9.17, 15) is 4.39 Å². The lowest BCUT2D eigenvalue weighted by atomic mass is 9.98. The van der Waals surface area contributed by atoms with Crippen LogP contribution in [0.25, 0.3) is 33.3 Å². The summed E-state index contributed by atoms with van der Waals surface area (Å²) in [5, 5.41) is 2.11. The molecule has 0 spiro atoms. The summed E-state index contributed by atoms with van der Waals surface area (Å²) in [6.45, 7) is 0.